The molecule has 17 heavy (non-hydrogen) atoms. The molecule has 0 saturated heterocycles. The van der Waals surface area contributed by atoms with Gasteiger partial charge in [0.05, 0.1) is 12.9 Å². The second kappa shape index (κ2) is 6.23. The van der Waals surface area contributed by atoms with Gasteiger partial charge in [0, 0.05) is 6.54 Å². The van der Waals surface area contributed by atoms with Crippen LogP contribution in [-0.4, -0.2) is 13.2 Å². The van der Waals surface area contributed by atoms with Gasteiger partial charge in [-0.1, -0.05) is 30.3 Å². The van der Waals surface area contributed by atoms with Crippen molar-refractivity contribution in [3.63, 3.8) is 0 Å². The summed E-state index contributed by atoms with van der Waals surface area (Å²) >= 11 is 0. The highest BCUT2D eigenvalue weighted by molar-refractivity contribution is 5.14. The van der Waals surface area contributed by atoms with Crippen molar-refractivity contribution in [1.29, 1.82) is 0 Å². The average Bonchev–Trinajstić information content (AvgIpc) is 2.90. The molecule has 3 heteroatoms. The maximum atomic E-state index is 5.72. The van der Waals surface area contributed by atoms with E-state index in [0.717, 1.165) is 12.2 Å². The molecule has 1 atom stereocenters. The Morgan fingerprint density at radius 1 is 1.12 bits per heavy atom. The minimum atomic E-state index is -0.145. The van der Waals surface area contributed by atoms with Gasteiger partial charge < -0.3 is 14.9 Å². The lowest BCUT2D eigenvalue weighted by atomic mass is 10.2. The summed E-state index contributed by atoms with van der Waals surface area (Å²) in [4.78, 5) is 0. The molecule has 1 aromatic carbocycles. The zero-order chi connectivity index (χ0) is 11.9. The number of hydrogen-bond donors (Lipinski definition) is 1. The lowest BCUT2D eigenvalue weighted by Gasteiger charge is -2.13. The van der Waals surface area contributed by atoms with Crippen molar-refractivity contribution in [2.75, 3.05) is 13.2 Å². The Labute approximate surface area is 101 Å². The molecule has 3 nitrogen and oxygen atoms in total. The SMILES string of the molecule is NCC(OCCc1ccccc1)c1ccco1. The Balaban J connectivity index is 1.81. The van der Waals surface area contributed by atoms with Crippen molar-refractivity contribution < 1.29 is 9.15 Å². The highest BCUT2D eigenvalue weighted by atomic mass is 16.5. The molecule has 1 aromatic heterocycles. The second-order valence-electron chi connectivity index (χ2n) is 3.85. The fourth-order valence-corrected chi connectivity index (χ4v) is 1.70. The average molecular weight is 231 g/mol. The molecule has 1 unspecified atom stereocenters. The molecular weight excluding hydrogens is 214 g/mol. The zero-order valence-corrected chi connectivity index (χ0v) is 9.71. The monoisotopic (exact) mass is 231 g/mol. The third-order valence-electron chi connectivity index (χ3n) is 2.63. The first-order chi connectivity index (χ1) is 8.40. The molecule has 0 bridgehead atoms. The largest absolute Gasteiger partial charge is 0.467 e. The third kappa shape index (κ3) is 3.44. The summed E-state index contributed by atoms with van der Waals surface area (Å²) in [6, 6.07) is 14.0. The van der Waals surface area contributed by atoms with Crippen LogP contribution in [0.3, 0.4) is 0 Å². The molecule has 90 valence electrons. The first-order valence-corrected chi connectivity index (χ1v) is 5.79. The maximum absolute atomic E-state index is 5.72. The van der Waals surface area contributed by atoms with Crippen LogP contribution in [0.4, 0.5) is 0 Å². The zero-order valence-electron chi connectivity index (χ0n) is 9.71. The standard InChI is InChI=1S/C14H17NO2/c15-11-14(13-7-4-9-16-13)17-10-8-12-5-2-1-3-6-12/h1-7,9,14H,8,10-11,15H2. The Morgan fingerprint density at radius 2 is 1.94 bits per heavy atom. The predicted octanol–water partition coefficient (Wildman–Crippen LogP) is 2.54. The van der Waals surface area contributed by atoms with E-state index < -0.39 is 0 Å². The minimum absolute atomic E-state index is 0.145. The number of benzene rings is 1. The van der Waals surface area contributed by atoms with Crippen LogP contribution in [0.2, 0.25) is 0 Å². The second-order valence-corrected chi connectivity index (χ2v) is 3.85. The van der Waals surface area contributed by atoms with Gasteiger partial charge >= 0.3 is 0 Å². The van der Waals surface area contributed by atoms with Gasteiger partial charge in [-0.05, 0) is 24.1 Å². The van der Waals surface area contributed by atoms with Crippen LogP contribution in [0, 0.1) is 0 Å². The smallest absolute Gasteiger partial charge is 0.133 e. The molecule has 0 fully saturated rings. The van der Waals surface area contributed by atoms with E-state index in [2.05, 4.69) is 12.1 Å². The third-order valence-corrected chi connectivity index (χ3v) is 2.63. The summed E-state index contributed by atoms with van der Waals surface area (Å²) in [5, 5.41) is 0. The van der Waals surface area contributed by atoms with E-state index in [9.17, 15) is 0 Å². The Hall–Kier alpha value is -1.58. The minimum Gasteiger partial charge on any atom is -0.467 e. The van der Waals surface area contributed by atoms with Crippen molar-refractivity contribution >= 4 is 0 Å². The lowest BCUT2D eigenvalue weighted by molar-refractivity contribution is 0.0458. The van der Waals surface area contributed by atoms with Crippen molar-refractivity contribution in [1.82, 2.24) is 0 Å². The molecule has 0 amide bonds. The van der Waals surface area contributed by atoms with Crippen molar-refractivity contribution in [2.24, 2.45) is 5.73 Å². The summed E-state index contributed by atoms with van der Waals surface area (Å²) in [6.45, 7) is 1.08. The fourth-order valence-electron chi connectivity index (χ4n) is 1.70. The van der Waals surface area contributed by atoms with Crippen LogP contribution in [0.25, 0.3) is 0 Å². The van der Waals surface area contributed by atoms with Crippen LogP contribution in [0.1, 0.15) is 17.4 Å². The first-order valence-electron chi connectivity index (χ1n) is 5.79. The molecule has 0 spiro atoms. The summed E-state index contributed by atoms with van der Waals surface area (Å²) in [5.74, 6) is 0.792. The molecular formula is C14H17NO2. The maximum Gasteiger partial charge on any atom is 0.133 e. The van der Waals surface area contributed by atoms with Gasteiger partial charge in [0.15, 0.2) is 0 Å². The highest BCUT2D eigenvalue weighted by Gasteiger charge is 2.12. The van der Waals surface area contributed by atoms with E-state index in [4.69, 9.17) is 14.9 Å². The fraction of sp³-hybridized carbons (Fsp3) is 0.286. The topological polar surface area (TPSA) is 48.4 Å². The molecule has 2 rings (SSSR count). The van der Waals surface area contributed by atoms with E-state index in [1.54, 1.807) is 6.26 Å². The number of rotatable bonds is 6. The molecule has 0 aliphatic heterocycles. The van der Waals surface area contributed by atoms with Crippen molar-refractivity contribution in [3.05, 3.63) is 60.1 Å². The van der Waals surface area contributed by atoms with E-state index >= 15 is 0 Å². The normalized spacial score (nSPS) is 12.5. The van der Waals surface area contributed by atoms with E-state index in [1.165, 1.54) is 5.56 Å². The highest BCUT2D eigenvalue weighted by Crippen LogP contribution is 2.16. The van der Waals surface area contributed by atoms with Gasteiger partial charge in [-0.25, -0.2) is 0 Å². The number of nitrogens with two attached hydrogens (primary N) is 1. The van der Waals surface area contributed by atoms with Crippen molar-refractivity contribution in [2.45, 2.75) is 12.5 Å². The molecule has 2 N–H and O–H groups in total. The Bertz CT molecular complexity index is 411. The summed E-state index contributed by atoms with van der Waals surface area (Å²) in [5.41, 5.74) is 6.92. The Kier molecular flexibility index (Phi) is 4.36. The van der Waals surface area contributed by atoms with Crippen LogP contribution in [0.5, 0.6) is 0 Å². The van der Waals surface area contributed by atoms with Gasteiger partial charge in [-0.3, -0.25) is 0 Å². The molecule has 0 aliphatic carbocycles. The number of hydrogen-bond acceptors (Lipinski definition) is 3. The number of ether oxygens (including phenoxy) is 1. The molecule has 0 saturated carbocycles. The van der Waals surface area contributed by atoms with Crippen LogP contribution in [-0.2, 0) is 11.2 Å². The van der Waals surface area contributed by atoms with Gasteiger partial charge in [-0.15, -0.1) is 0 Å². The van der Waals surface area contributed by atoms with Gasteiger partial charge in [0.2, 0.25) is 0 Å². The van der Waals surface area contributed by atoms with Crippen LogP contribution in [0.15, 0.2) is 53.1 Å². The predicted molar refractivity (Wildman–Crippen MR) is 66.6 cm³/mol. The van der Waals surface area contributed by atoms with Gasteiger partial charge in [-0.2, -0.15) is 0 Å². The van der Waals surface area contributed by atoms with Crippen LogP contribution >= 0.6 is 0 Å². The molecule has 0 aliphatic rings. The lowest BCUT2D eigenvalue weighted by Crippen LogP contribution is -2.16. The van der Waals surface area contributed by atoms with E-state index in [1.807, 2.05) is 30.3 Å². The molecule has 0 radical (unpaired) electrons. The Morgan fingerprint density at radius 3 is 2.59 bits per heavy atom. The van der Waals surface area contributed by atoms with Gasteiger partial charge in [0.1, 0.15) is 11.9 Å². The van der Waals surface area contributed by atoms with Crippen molar-refractivity contribution in [3.8, 4) is 0 Å². The molecule has 2 aromatic rings. The summed E-state index contributed by atoms with van der Waals surface area (Å²) < 4.78 is 11.0. The van der Waals surface area contributed by atoms with Gasteiger partial charge in [0.25, 0.3) is 0 Å². The van der Waals surface area contributed by atoms with Crippen LogP contribution < -0.4 is 5.73 Å². The van der Waals surface area contributed by atoms with E-state index in [0.29, 0.717) is 13.2 Å². The molecule has 1 heterocycles. The summed E-state index contributed by atoms with van der Waals surface area (Å²) in [7, 11) is 0. The van der Waals surface area contributed by atoms with E-state index in [-0.39, 0.29) is 6.10 Å². The summed E-state index contributed by atoms with van der Waals surface area (Å²) in [6.07, 6.45) is 2.38. The number of furan rings is 1. The first kappa shape index (κ1) is 11.9. The quantitative estimate of drug-likeness (QED) is 0.831.